The van der Waals surface area contributed by atoms with Crippen molar-refractivity contribution in [1.82, 2.24) is 10.2 Å². The summed E-state index contributed by atoms with van der Waals surface area (Å²) in [5.74, 6) is 0.506. The Labute approximate surface area is 154 Å². The van der Waals surface area contributed by atoms with E-state index in [0.29, 0.717) is 28.2 Å². The maximum absolute atomic E-state index is 12.0. The number of hydrogen-bond donors (Lipinski definition) is 1. The van der Waals surface area contributed by atoms with E-state index >= 15 is 0 Å². The van der Waals surface area contributed by atoms with Crippen molar-refractivity contribution in [2.45, 2.75) is 18.6 Å². The number of benzene rings is 2. The fourth-order valence-corrected chi connectivity index (χ4v) is 2.89. The lowest BCUT2D eigenvalue weighted by Crippen LogP contribution is -2.14. The van der Waals surface area contributed by atoms with Gasteiger partial charge in [-0.05, 0) is 24.6 Å². The van der Waals surface area contributed by atoms with Crippen molar-refractivity contribution in [2.24, 2.45) is 0 Å². The highest BCUT2D eigenvalue weighted by molar-refractivity contribution is 7.99. The van der Waals surface area contributed by atoms with Crippen molar-refractivity contribution >= 4 is 35.0 Å². The number of para-hydroxylation sites is 1. The fraction of sp³-hybridized carbons (Fsp3) is 0.167. The second-order valence-electron chi connectivity index (χ2n) is 5.44. The van der Waals surface area contributed by atoms with Gasteiger partial charge in [0.05, 0.1) is 22.9 Å². The number of hydrogen-bond acceptors (Lipinski definition) is 5. The van der Waals surface area contributed by atoms with E-state index in [-0.39, 0.29) is 11.7 Å². The van der Waals surface area contributed by atoms with Gasteiger partial charge in [-0.2, -0.15) is 0 Å². The van der Waals surface area contributed by atoms with Crippen LogP contribution in [0.5, 0.6) is 0 Å². The molecule has 1 heterocycles. The Hall–Kier alpha value is -2.31. The molecule has 2 aromatic carbocycles. The largest absolute Gasteiger partial charge is 0.416 e. The van der Waals surface area contributed by atoms with Crippen molar-refractivity contribution in [3.8, 4) is 0 Å². The average molecular weight is 374 g/mol. The van der Waals surface area contributed by atoms with Gasteiger partial charge in [0.2, 0.25) is 11.8 Å². The lowest BCUT2D eigenvalue weighted by Gasteiger charge is -2.05. The predicted octanol–water partition coefficient (Wildman–Crippen LogP) is 4.35. The summed E-state index contributed by atoms with van der Waals surface area (Å²) in [5.41, 5.74) is 2.89. The Morgan fingerprint density at radius 2 is 1.92 bits per heavy atom. The van der Waals surface area contributed by atoms with Gasteiger partial charge in [-0.1, -0.05) is 65.3 Å². The van der Waals surface area contributed by atoms with Crippen LogP contribution in [0.2, 0.25) is 5.02 Å². The zero-order valence-corrected chi connectivity index (χ0v) is 15.1. The molecule has 0 aliphatic carbocycles. The smallest absolute Gasteiger partial charge is 0.277 e. The molecule has 3 rings (SSSR count). The Bertz CT molecular complexity index is 865. The summed E-state index contributed by atoms with van der Waals surface area (Å²) in [4.78, 5) is 12.0. The Morgan fingerprint density at radius 1 is 1.16 bits per heavy atom. The molecule has 0 spiro atoms. The highest BCUT2D eigenvalue weighted by atomic mass is 35.5. The van der Waals surface area contributed by atoms with Crippen LogP contribution in [-0.2, 0) is 11.2 Å². The van der Waals surface area contributed by atoms with Gasteiger partial charge in [-0.15, -0.1) is 10.2 Å². The van der Waals surface area contributed by atoms with Gasteiger partial charge in [0.15, 0.2) is 0 Å². The Balaban J connectivity index is 1.52. The van der Waals surface area contributed by atoms with Crippen LogP contribution in [0.4, 0.5) is 5.69 Å². The number of aromatic nitrogens is 2. The third kappa shape index (κ3) is 5.08. The van der Waals surface area contributed by atoms with Gasteiger partial charge >= 0.3 is 0 Å². The van der Waals surface area contributed by atoms with E-state index < -0.39 is 0 Å². The molecule has 0 saturated heterocycles. The molecule has 1 N–H and O–H groups in total. The normalized spacial score (nSPS) is 10.6. The highest BCUT2D eigenvalue weighted by Gasteiger charge is 2.11. The molecule has 3 aromatic rings. The zero-order valence-electron chi connectivity index (χ0n) is 13.5. The van der Waals surface area contributed by atoms with E-state index in [2.05, 4.69) is 15.5 Å². The van der Waals surface area contributed by atoms with Crippen LogP contribution < -0.4 is 5.32 Å². The van der Waals surface area contributed by atoms with Gasteiger partial charge in [-0.25, -0.2) is 0 Å². The monoisotopic (exact) mass is 373 g/mol. The molecule has 0 radical (unpaired) electrons. The number of nitrogens with zero attached hydrogens (tertiary/aromatic N) is 2. The topological polar surface area (TPSA) is 68.0 Å². The maximum Gasteiger partial charge on any atom is 0.277 e. The molecule has 1 aromatic heterocycles. The molecule has 0 bridgehead atoms. The second-order valence-corrected chi connectivity index (χ2v) is 6.77. The first-order chi connectivity index (χ1) is 12.1. The summed E-state index contributed by atoms with van der Waals surface area (Å²) in [6, 6.07) is 15.2. The molecule has 25 heavy (non-hydrogen) atoms. The number of amides is 1. The second kappa shape index (κ2) is 8.18. The molecule has 0 aliphatic heterocycles. The Kier molecular flexibility index (Phi) is 5.73. The van der Waals surface area contributed by atoms with Crippen LogP contribution in [0, 0.1) is 6.92 Å². The average Bonchev–Trinajstić information content (AvgIpc) is 3.05. The molecule has 0 saturated carbocycles. The Morgan fingerprint density at radius 3 is 2.68 bits per heavy atom. The van der Waals surface area contributed by atoms with E-state index in [1.54, 1.807) is 18.2 Å². The number of rotatable bonds is 6. The van der Waals surface area contributed by atoms with E-state index in [0.717, 1.165) is 5.56 Å². The molecule has 0 fully saturated rings. The summed E-state index contributed by atoms with van der Waals surface area (Å²) in [7, 11) is 0. The summed E-state index contributed by atoms with van der Waals surface area (Å²) < 4.78 is 5.58. The maximum atomic E-state index is 12.0. The van der Waals surface area contributed by atoms with Crippen molar-refractivity contribution < 1.29 is 9.21 Å². The van der Waals surface area contributed by atoms with Crippen LogP contribution in [-0.4, -0.2) is 21.9 Å². The van der Waals surface area contributed by atoms with Gasteiger partial charge in [0.1, 0.15) is 0 Å². The zero-order chi connectivity index (χ0) is 17.6. The van der Waals surface area contributed by atoms with Crippen LogP contribution in [0.3, 0.4) is 0 Å². The molecule has 0 aliphatic rings. The lowest BCUT2D eigenvalue weighted by molar-refractivity contribution is -0.113. The first-order valence-electron chi connectivity index (χ1n) is 7.65. The van der Waals surface area contributed by atoms with Crippen molar-refractivity contribution in [3.63, 3.8) is 0 Å². The number of nitrogens with one attached hydrogen (secondary N) is 1. The van der Waals surface area contributed by atoms with E-state index in [4.69, 9.17) is 16.0 Å². The minimum absolute atomic E-state index is 0.164. The first-order valence-corrected chi connectivity index (χ1v) is 9.01. The summed E-state index contributed by atoms with van der Waals surface area (Å²) >= 11 is 7.21. The number of aryl methyl sites for hydroxylation is 1. The SMILES string of the molecule is Cc1ccc(Cc2nnc(SCC(=O)Nc3ccccc3Cl)o2)cc1. The standard InChI is InChI=1S/C18H16ClN3O2S/c1-12-6-8-13(9-7-12)10-17-21-22-18(24-17)25-11-16(23)20-15-5-3-2-4-14(15)19/h2-9H,10-11H2,1H3,(H,20,23). The highest BCUT2D eigenvalue weighted by Crippen LogP contribution is 2.22. The van der Waals surface area contributed by atoms with Gasteiger partial charge in [0.25, 0.3) is 5.22 Å². The lowest BCUT2D eigenvalue weighted by atomic mass is 10.1. The molecular weight excluding hydrogens is 358 g/mol. The quantitative estimate of drug-likeness (QED) is 0.650. The predicted molar refractivity (Wildman–Crippen MR) is 99.1 cm³/mol. The van der Waals surface area contributed by atoms with Gasteiger partial charge in [-0.3, -0.25) is 4.79 Å². The molecule has 5 nitrogen and oxygen atoms in total. The minimum atomic E-state index is -0.184. The van der Waals surface area contributed by atoms with Crippen molar-refractivity contribution in [1.29, 1.82) is 0 Å². The summed E-state index contributed by atoms with van der Waals surface area (Å²) in [6.45, 7) is 2.04. The van der Waals surface area contributed by atoms with Gasteiger partial charge in [0, 0.05) is 0 Å². The molecule has 1 amide bonds. The number of anilines is 1. The van der Waals surface area contributed by atoms with E-state index in [9.17, 15) is 4.79 Å². The first kappa shape index (κ1) is 17.5. The van der Waals surface area contributed by atoms with Crippen LogP contribution in [0.15, 0.2) is 58.2 Å². The van der Waals surface area contributed by atoms with E-state index in [1.807, 2.05) is 37.3 Å². The molecule has 7 heteroatoms. The van der Waals surface area contributed by atoms with E-state index in [1.165, 1.54) is 17.3 Å². The number of thioether (sulfide) groups is 1. The summed E-state index contributed by atoms with van der Waals surface area (Å²) in [5, 5.41) is 11.6. The number of carbonyl (C=O) groups excluding carboxylic acids is 1. The van der Waals surface area contributed by atoms with Crippen LogP contribution >= 0.6 is 23.4 Å². The molecule has 0 atom stereocenters. The third-order valence-corrected chi connectivity index (χ3v) is 4.55. The third-order valence-electron chi connectivity index (χ3n) is 3.40. The molecule has 128 valence electrons. The number of carbonyl (C=O) groups is 1. The van der Waals surface area contributed by atoms with Crippen LogP contribution in [0.1, 0.15) is 17.0 Å². The summed E-state index contributed by atoms with van der Waals surface area (Å²) in [6.07, 6.45) is 0.569. The van der Waals surface area contributed by atoms with Crippen LogP contribution in [0.25, 0.3) is 0 Å². The minimum Gasteiger partial charge on any atom is -0.416 e. The fourth-order valence-electron chi connectivity index (χ4n) is 2.12. The number of halogens is 1. The molecular formula is C18H16ClN3O2S. The van der Waals surface area contributed by atoms with Crippen molar-refractivity contribution in [2.75, 3.05) is 11.1 Å². The van der Waals surface area contributed by atoms with Gasteiger partial charge < -0.3 is 9.73 Å². The molecule has 0 unspecified atom stereocenters. The van der Waals surface area contributed by atoms with Crippen molar-refractivity contribution in [3.05, 3.63) is 70.6 Å².